The van der Waals surface area contributed by atoms with Crippen molar-refractivity contribution in [3.05, 3.63) is 71.5 Å². The number of fused-ring (bicyclic) bond motifs is 1. The van der Waals surface area contributed by atoms with Gasteiger partial charge < -0.3 is 10.8 Å². The number of nitrogens with zero attached hydrogens (tertiary/aromatic N) is 3. The van der Waals surface area contributed by atoms with Crippen LogP contribution in [-0.4, -0.2) is 44.0 Å². The van der Waals surface area contributed by atoms with Gasteiger partial charge in [-0.3, -0.25) is 15.4 Å². The smallest absolute Gasteiger partial charge is 0.181 e. The third-order valence-corrected chi connectivity index (χ3v) is 5.80. The highest BCUT2D eigenvalue weighted by molar-refractivity contribution is 6.15. The summed E-state index contributed by atoms with van der Waals surface area (Å²) in [7, 11) is 0. The Morgan fingerprint density at radius 2 is 1.81 bits per heavy atom. The molecule has 7 heteroatoms. The summed E-state index contributed by atoms with van der Waals surface area (Å²) in [6, 6.07) is 16.5. The topological polar surface area (TPSA) is 115 Å². The molecule has 0 spiro atoms. The number of likely N-dealkylation sites (tertiary alicyclic amines) is 1. The van der Waals surface area contributed by atoms with Crippen LogP contribution in [0.25, 0.3) is 22.2 Å². The van der Waals surface area contributed by atoms with E-state index >= 15 is 0 Å². The summed E-state index contributed by atoms with van der Waals surface area (Å²) in [6.45, 7) is 2.98. The molecule has 0 bridgehead atoms. The lowest BCUT2D eigenvalue weighted by Crippen LogP contribution is -2.19. The number of hydrogen-bond donors (Lipinski definition) is 4. The summed E-state index contributed by atoms with van der Waals surface area (Å²) < 4.78 is 0. The maximum atomic E-state index is 9.67. The van der Waals surface area contributed by atoms with Gasteiger partial charge in [0.05, 0.1) is 12.3 Å². The van der Waals surface area contributed by atoms with Crippen LogP contribution in [0.3, 0.4) is 0 Å². The molecule has 5 N–H and O–H groups in total. The second-order valence-electron chi connectivity index (χ2n) is 8.01. The number of aromatic hydroxyl groups is 1. The maximum absolute atomic E-state index is 9.67. The lowest BCUT2D eigenvalue weighted by atomic mass is 9.96. The molecule has 5 rings (SSSR count). The average molecular weight is 412 g/mol. The van der Waals surface area contributed by atoms with Gasteiger partial charge in [0.15, 0.2) is 5.82 Å². The van der Waals surface area contributed by atoms with Gasteiger partial charge >= 0.3 is 0 Å². The molecule has 0 radical (unpaired) electrons. The molecule has 1 fully saturated rings. The molecule has 4 aromatic rings. The van der Waals surface area contributed by atoms with Crippen molar-refractivity contribution < 1.29 is 5.11 Å². The summed E-state index contributed by atoms with van der Waals surface area (Å²) >= 11 is 0. The van der Waals surface area contributed by atoms with E-state index in [0.717, 1.165) is 47.4 Å². The Kier molecular flexibility index (Phi) is 4.88. The molecule has 156 valence electrons. The van der Waals surface area contributed by atoms with Crippen molar-refractivity contribution in [3.63, 3.8) is 0 Å². The number of nitrogen functional groups attached to an aromatic ring is 1. The summed E-state index contributed by atoms with van der Waals surface area (Å²) in [5.41, 5.74) is 9.31. The number of anilines is 1. The van der Waals surface area contributed by atoms with Gasteiger partial charge in [-0.1, -0.05) is 18.2 Å². The van der Waals surface area contributed by atoms with E-state index < -0.39 is 0 Å². The first-order valence-electron chi connectivity index (χ1n) is 10.4. The summed E-state index contributed by atoms with van der Waals surface area (Å²) in [5.74, 6) is 1.68. The molecule has 1 aliphatic heterocycles. The lowest BCUT2D eigenvalue weighted by molar-refractivity contribution is 0.323. The van der Waals surface area contributed by atoms with Gasteiger partial charge in [0.25, 0.3) is 0 Å². The van der Waals surface area contributed by atoms with Gasteiger partial charge in [-0.05, 0) is 73.1 Å². The van der Waals surface area contributed by atoms with Crippen LogP contribution in [-0.2, 0) is 6.54 Å². The molecule has 3 aromatic carbocycles. The van der Waals surface area contributed by atoms with Crippen LogP contribution in [0.5, 0.6) is 5.75 Å². The zero-order valence-corrected chi connectivity index (χ0v) is 17.1. The lowest BCUT2D eigenvalue weighted by Gasteiger charge is -2.11. The van der Waals surface area contributed by atoms with E-state index in [9.17, 15) is 5.11 Å². The van der Waals surface area contributed by atoms with Crippen molar-refractivity contribution in [2.45, 2.75) is 19.4 Å². The molecule has 1 aliphatic rings. The Bertz CT molecular complexity index is 1270. The van der Waals surface area contributed by atoms with Gasteiger partial charge in [0, 0.05) is 22.4 Å². The second kappa shape index (κ2) is 7.85. The number of aromatic nitrogens is 3. The predicted molar refractivity (Wildman–Crippen MR) is 122 cm³/mol. The van der Waals surface area contributed by atoms with Crippen LogP contribution in [0.4, 0.5) is 5.69 Å². The Morgan fingerprint density at radius 3 is 2.65 bits per heavy atom. The summed E-state index contributed by atoms with van der Waals surface area (Å²) in [5, 5.41) is 27.7. The minimum Gasteiger partial charge on any atom is -0.508 e. The van der Waals surface area contributed by atoms with Crippen molar-refractivity contribution >= 4 is 22.2 Å². The van der Waals surface area contributed by atoms with Gasteiger partial charge in [0.1, 0.15) is 11.6 Å². The fourth-order valence-corrected chi connectivity index (χ4v) is 4.10. The Morgan fingerprint density at radius 1 is 1.03 bits per heavy atom. The molecule has 1 saturated heterocycles. The van der Waals surface area contributed by atoms with Crippen molar-refractivity contribution in [2.24, 2.45) is 0 Å². The molecule has 0 saturated carbocycles. The standard InChI is InChI=1S/C24H24N6O/c25-21-8-6-18(24-27-22(28-29-24)14-30-9-1-2-10-30)13-20(21)23(26)17-4-3-16-12-19(31)7-5-15(16)11-17/h3-8,11-13,26,31H,1-2,9-10,14,25H2,(H,27,28,29). The van der Waals surface area contributed by atoms with E-state index in [1.165, 1.54) is 12.8 Å². The Balaban J connectivity index is 1.44. The third-order valence-electron chi connectivity index (χ3n) is 5.80. The number of phenolic OH excluding ortho intramolecular Hbond substituents is 1. The van der Waals surface area contributed by atoms with Crippen LogP contribution < -0.4 is 5.73 Å². The first-order chi connectivity index (χ1) is 15.1. The first-order valence-corrected chi connectivity index (χ1v) is 10.4. The molecule has 0 aliphatic carbocycles. The molecule has 31 heavy (non-hydrogen) atoms. The number of phenols is 1. The normalized spacial score (nSPS) is 14.3. The van der Waals surface area contributed by atoms with E-state index in [1.807, 2.05) is 36.4 Å². The fourth-order valence-electron chi connectivity index (χ4n) is 4.10. The molecule has 0 amide bonds. The van der Waals surface area contributed by atoms with E-state index in [1.54, 1.807) is 18.2 Å². The number of rotatable bonds is 5. The van der Waals surface area contributed by atoms with Crippen LogP contribution in [0, 0.1) is 5.41 Å². The van der Waals surface area contributed by atoms with E-state index in [4.69, 9.17) is 11.1 Å². The molecule has 0 unspecified atom stereocenters. The van der Waals surface area contributed by atoms with Gasteiger partial charge in [-0.15, -0.1) is 0 Å². The highest BCUT2D eigenvalue weighted by Gasteiger charge is 2.16. The van der Waals surface area contributed by atoms with E-state index in [-0.39, 0.29) is 5.75 Å². The summed E-state index contributed by atoms with van der Waals surface area (Å²) in [4.78, 5) is 7.02. The second-order valence-corrected chi connectivity index (χ2v) is 8.01. The minimum atomic E-state index is 0.225. The molecule has 7 nitrogen and oxygen atoms in total. The zero-order valence-electron chi connectivity index (χ0n) is 17.1. The monoisotopic (exact) mass is 412 g/mol. The number of nitrogens with two attached hydrogens (primary N) is 1. The number of aromatic amines is 1. The van der Waals surface area contributed by atoms with Gasteiger partial charge in [0.2, 0.25) is 0 Å². The van der Waals surface area contributed by atoms with Gasteiger partial charge in [-0.2, -0.15) is 5.10 Å². The number of nitrogens with one attached hydrogen (secondary N) is 2. The third kappa shape index (κ3) is 3.87. The van der Waals surface area contributed by atoms with Crippen molar-refractivity contribution in [3.8, 4) is 17.1 Å². The number of H-pyrrole nitrogens is 1. The van der Waals surface area contributed by atoms with Crippen molar-refractivity contribution in [1.82, 2.24) is 20.1 Å². The molecular formula is C24H24N6O. The van der Waals surface area contributed by atoms with E-state index in [0.29, 0.717) is 22.8 Å². The average Bonchev–Trinajstić information content (AvgIpc) is 3.46. The first kappa shape index (κ1) is 19.3. The highest BCUT2D eigenvalue weighted by atomic mass is 16.3. The quantitative estimate of drug-likeness (QED) is 0.293. The van der Waals surface area contributed by atoms with Crippen LogP contribution in [0.1, 0.15) is 29.8 Å². The number of benzene rings is 3. The molecule has 2 heterocycles. The molecule has 1 aromatic heterocycles. The van der Waals surface area contributed by atoms with Gasteiger partial charge in [-0.25, -0.2) is 4.98 Å². The van der Waals surface area contributed by atoms with Crippen molar-refractivity contribution in [1.29, 1.82) is 5.41 Å². The molecular weight excluding hydrogens is 388 g/mol. The largest absolute Gasteiger partial charge is 0.508 e. The van der Waals surface area contributed by atoms with Crippen molar-refractivity contribution in [2.75, 3.05) is 18.8 Å². The number of hydrogen-bond acceptors (Lipinski definition) is 6. The van der Waals surface area contributed by atoms with E-state index in [2.05, 4.69) is 20.1 Å². The summed E-state index contributed by atoms with van der Waals surface area (Å²) in [6.07, 6.45) is 2.47. The SMILES string of the molecule is N=C(c1ccc2cc(O)ccc2c1)c1cc(-c2n[nH]c(CN3CCCC3)n2)ccc1N. The zero-order chi connectivity index (χ0) is 21.4. The predicted octanol–water partition coefficient (Wildman–Crippen LogP) is 3.92. The van der Waals surface area contributed by atoms with Crippen LogP contribution >= 0.6 is 0 Å². The Hall–Kier alpha value is -3.71. The van der Waals surface area contributed by atoms with Crippen LogP contribution in [0.2, 0.25) is 0 Å². The highest BCUT2D eigenvalue weighted by Crippen LogP contribution is 2.26. The maximum Gasteiger partial charge on any atom is 0.181 e. The minimum absolute atomic E-state index is 0.225. The molecule has 0 atom stereocenters. The van der Waals surface area contributed by atoms with Crippen LogP contribution in [0.15, 0.2) is 54.6 Å². The fraction of sp³-hybridized carbons (Fsp3) is 0.208. The Labute approximate surface area is 180 Å².